The molecule has 7 heteroatoms. The molecule has 0 heterocycles. The molecule has 4 rings (SSSR count). The number of carbonyl (C=O) groups excluding carboxylic acids is 5. The summed E-state index contributed by atoms with van der Waals surface area (Å²) >= 11 is 0. The molecular weight excluding hydrogens is 631 g/mol. The van der Waals surface area contributed by atoms with E-state index < -0.39 is 5.97 Å². The fourth-order valence-corrected chi connectivity index (χ4v) is 2.98. The van der Waals surface area contributed by atoms with E-state index in [4.69, 9.17) is 9.90 Å². The Morgan fingerprint density at radius 1 is 0.436 bits per heavy atom. The average Bonchev–Trinajstić information content (AvgIpc) is 2.95. The maximum Gasteiger partial charge on any atom is 3.00 e. The van der Waals surface area contributed by atoms with Crippen LogP contribution in [0.1, 0.15) is 48.4 Å². The molecule has 0 amide bonds. The van der Waals surface area contributed by atoms with Gasteiger partial charge in [-0.1, -0.05) is 108 Å². The van der Waals surface area contributed by atoms with Crippen molar-refractivity contribution in [1.82, 2.24) is 0 Å². The van der Waals surface area contributed by atoms with Crippen LogP contribution in [0.25, 0.3) is 0 Å². The van der Waals surface area contributed by atoms with Gasteiger partial charge in [0.25, 0.3) is 0 Å². The van der Waals surface area contributed by atoms with E-state index in [0.29, 0.717) is 22.3 Å². The number of ketones is 4. The minimum absolute atomic E-state index is 0. The molecule has 4 aromatic rings. The Labute approximate surface area is 260 Å². The van der Waals surface area contributed by atoms with Crippen LogP contribution >= 0.6 is 0 Å². The largest absolute Gasteiger partial charge is 3.00 e. The molecule has 0 aliphatic carbocycles. The average molecular weight is 656 g/mol. The molecule has 0 saturated carbocycles. The molecule has 0 aliphatic rings. The first-order valence-electron chi connectivity index (χ1n) is 11.5. The summed E-state index contributed by atoms with van der Waals surface area (Å²) in [7, 11) is 0. The van der Waals surface area contributed by atoms with Crippen molar-refractivity contribution in [2.75, 3.05) is 0 Å². The van der Waals surface area contributed by atoms with Crippen LogP contribution in [0.4, 0.5) is 0 Å². The van der Waals surface area contributed by atoms with Crippen LogP contribution in [0, 0.1) is 53.2 Å². The number of carboxylic acids is 1. The molecule has 0 saturated heterocycles. The number of rotatable bonds is 8. The van der Waals surface area contributed by atoms with Crippen LogP contribution < -0.4 is 5.11 Å². The van der Waals surface area contributed by atoms with E-state index in [2.05, 4.69) is 0 Å². The van der Waals surface area contributed by atoms with Crippen LogP contribution in [0.2, 0.25) is 0 Å². The van der Waals surface area contributed by atoms with E-state index in [1.54, 1.807) is 97.1 Å². The predicted molar refractivity (Wildman–Crippen MR) is 142 cm³/mol. The molecule has 0 spiro atoms. The second kappa shape index (κ2) is 18.4. The Balaban J connectivity index is 0.000000336. The van der Waals surface area contributed by atoms with E-state index in [-0.39, 0.29) is 63.5 Å². The van der Waals surface area contributed by atoms with Crippen molar-refractivity contribution in [1.29, 1.82) is 0 Å². The molecule has 0 N–H and O–H groups in total. The molecule has 39 heavy (non-hydrogen) atoms. The molecule has 0 aliphatic heterocycles. The third-order valence-corrected chi connectivity index (χ3v) is 4.76. The normalized spacial score (nSPS) is 9.05. The molecule has 1 radical (unpaired) electrons. The summed E-state index contributed by atoms with van der Waals surface area (Å²) in [6.45, 7) is 0.972. The van der Waals surface area contributed by atoms with Crippen LogP contribution in [-0.2, 0) is 4.79 Å². The maximum absolute atomic E-state index is 11.8. The fourth-order valence-electron chi connectivity index (χ4n) is 2.98. The van der Waals surface area contributed by atoms with Gasteiger partial charge in [0.2, 0.25) is 0 Å². The first kappa shape index (κ1) is 33.1. The number of Topliss-reactive ketones (excluding diaryl/α,β-unsaturated/α-hetero) is 4. The number of carbonyl (C=O) groups is 5. The van der Waals surface area contributed by atoms with E-state index in [1.807, 2.05) is 24.3 Å². The molecule has 0 fully saturated rings. The van der Waals surface area contributed by atoms with Gasteiger partial charge in [0.05, 0.1) is 23.1 Å². The Kier molecular flexibility index (Phi) is 15.6. The molecule has 195 valence electrons. The second-order valence-electron chi connectivity index (χ2n) is 7.70. The van der Waals surface area contributed by atoms with Gasteiger partial charge in [0.1, 0.15) is 0 Å². The summed E-state index contributed by atoms with van der Waals surface area (Å²) in [6.07, 6.45) is 2.26. The molecule has 0 aromatic heterocycles. The van der Waals surface area contributed by atoms with Crippen LogP contribution in [-0.4, -0.2) is 29.1 Å². The summed E-state index contributed by atoms with van der Waals surface area (Å²) in [5, 5.41) is 8.89. The fraction of sp³-hybridized carbons (Fsp3) is 0.0312. The van der Waals surface area contributed by atoms with Gasteiger partial charge in [0.15, 0.2) is 0 Å². The first-order valence-corrected chi connectivity index (χ1v) is 11.5. The van der Waals surface area contributed by atoms with Gasteiger partial charge in [-0.05, 0) is 6.92 Å². The summed E-state index contributed by atoms with van der Waals surface area (Å²) < 4.78 is 0. The van der Waals surface area contributed by atoms with E-state index in [1.165, 1.54) is 0 Å². The minimum atomic E-state index is -1.08. The Hall–Kier alpha value is -3.89. The molecule has 0 atom stereocenters. The second-order valence-corrected chi connectivity index (χ2v) is 7.70. The zero-order chi connectivity index (χ0) is 27.8. The smallest absolute Gasteiger partial charge is 0.550 e. The van der Waals surface area contributed by atoms with Crippen molar-refractivity contribution in [3.8, 4) is 0 Å². The monoisotopic (exact) mass is 657 g/mol. The van der Waals surface area contributed by atoms with Gasteiger partial charge in [-0.15, -0.1) is 48.5 Å². The van der Waals surface area contributed by atoms with E-state index >= 15 is 0 Å². The van der Waals surface area contributed by atoms with Crippen molar-refractivity contribution in [3.05, 3.63) is 156 Å². The molecule has 6 nitrogen and oxygen atoms in total. The summed E-state index contributed by atoms with van der Waals surface area (Å²) in [5.41, 5.74) is 2.10. The van der Waals surface area contributed by atoms with Crippen molar-refractivity contribution in [2.24, 2.45) is 0 Å². The summed E-state index contributed by atoms with van der Waals surface area (Å²) in [6, 6.07) is 35.0. The van der Waals surface area contributed by atoms with E-state index in [9.17, 15) is 19.2 Å². The quantitative estimate of drug-likeness (QED) is 0.155. The van der Waals surface area contributed by atoms with Crippen LogP contribution in [0.5, 0.6) is 0 Å². The molecule has 0 bridgehead atoms. The number of hydrogen-bond acceptors (Lipinski definition) is 6. The van der Waals surface area contributed by atoms with Crippen molar-refractivity contribution < 1.29 is 69.5 Å². The SMILES string of the molecule is CC(=O)[O-].O=C([CH-]C(=O)c1ccccc1)c1ccccc1.O=C([CH-]C(=O)c1ccccc1)c1ccccc1.[Sm+3]. The Bertz CT molecular complexity index is 1130. The van der Waals surface area contributed by atoms with Gasteiger partial charge in [0, 0.05) is 5.97 Å². The van der Waals surface area contributed by atoms with Gasteiger partial charge < -0.3 is 29.1 Å². The summed E-state index contributed by atoms with van der Waals surface area (Å²) in [4.78, 5) is 55.9. The van der Waals surface area contributed by atoms with Crippen LogP contribution in [0.3, 0.4) is 0 Å². The van der Waals surface area contributed by atoms with Crippen molar-refractivity contribution in [2.45, 2.75) is 6.92 Å². The number of aliphatic carboxylic acids is 1. The molecule has 4 aromatic carbocycles. The van der Waals surface area contributed by atoms with Crippen molar-refractivity contribution in [3.63, 3.8) is 0 Å². The standard InChI is InChI=1S/2C15H11O2.C2H4O2.Sm/c2*16-14(12-7-3-1-4-8-12)11-15(17)13-9-5-2-6-10-13;1-2(3)4;/h2*1-11H;1H3,(H,3,4);/q2*-1;;+3/p-1. The number of hydrogen-bond donors (Lipinski definition) is 0. The van der Waals surface area contributed by atoms with Gasteiger partial charge >= 0.3 is 40.4 Å². The zero-order valence-electron chi connectivity index (χ0n) is 21.1. The zero-order valence-corrected chi connectivity index (χ0v) is 23.7. The van der Waals surface area contributed by atoms with Crippen LogP contribution in [0.15, 0.2) is 121 Å². The summed E-state index contributed by atoms with van der Waals surface area (Å²) in [5.74, 6) is -2.14. The third-order valence-electron chi connectivity index (χ3n) is 4.76. The van der Waals surface area contributed by atoms with Crippen molar-refractivity contribution >= 4 is 29.1 Å². The molecular formula is C32H25O6Sm. The Morgan fingerprint density at radius 2 is 0.590 bits per heavy atom. The van der Waals surface area contributed by atoms with Gasteiger partial charge in [-0.2, -0.15) is 0 Å². The maximum atomic E-state index is 11.8. The minimum Gasteiger partial charge on any atom is -0.550 e. The predicted octanol–water partition coefficient (Wildman–Crippen LogP) is 4.67. The first-order chi connectivity index (χ1) is 18.3. The molecule has 0 unspecified atom stereocenters. The van der Waals surface area contributed by atoms with Gasteiger partial charge in [-0.3, -0.25) is 0 Å². The third kappa shape index (κ3) is 12.9. The topological polar surface area (TPSA) is 108 Å². The van der Waals surface area contributed by atoms with Gasteiger partial charge in [-0.25, -0.2) is 0 Å². The Morgan fingerprint density at radius 3 is 0.744 bits per heavy atom. The van der Waals surface area contributed by atoms with E-state index in [0.717, 1.165) is 19.8 Å². The number of carboxylic acid groups (broad SMARTS) is 1. The number of benzene rings is 4.